The molecule has 0 spiro atoms. The quantitative estimate of drug-likeness (QED) is 0.814. The first kappa shape index (κ1) is 14.4. The SMILES string of the molecule is CNC(C)(COc1ccc(F)c(F)c1)C(=O)OC. The molecule has 0 heterocycles. The number of benzene rings is 1. The lowest BCUT2D eigenvalue weighted by molar-refractivity contribution is -0.148. The fraction of sp³-hybridized carbons (Fsp3) is 0.417. The van der Waals surface area contributed by atoms with Gasteiger partial charge in [0.15, 0.2) is 11.6 Å². The molecule has 0 aromatic heterocycles. The Morgan fingerprint density at radius 2 is 2.06 bits per heavy atom. The third-order valence-corrected chi connectivity index (χ3v) is 2.61. The topological polar surface area (TPSA) is 47.6 Å². The van der Waals surface area contributed by atoms with Gasteiger partial charge in [0.05, 0.1) is 7.11 Å². The zero-order valence-corrected chi connectivity index (χ0v) is 10.4. The van der Waals surface area contributed by atoms with E-state index in [-0.39, 0.29) is 12.4 Å². The van der Waals surface area contributed by atoms with Crippen LogP contribution in [0.25, 0.3) is 0 Å². The van der Waals surface area contributed by atoms with Gasteiger partial charge in [0, 0.05) is 6.07 Å². The standard InChI is InChI=1S/C12H15F2NO3/c1-12(15-2,11(16)17-3)7-18-8-4-5-9(13)10(14)6-8/h4-6,15H,7H2,1-3H3. The Morgan fingerprint density at radius 1 is 1.39 bits per heavy atom. The summed E-state index contributed by atoms with van der Waals surface area (Å²) in [5.41, 5.74) is -1.06. The molecule has 0 fully saturated rings. The maximum Gasteiger partial charge on any atom is 0.329 e. The largest absolute Gasteiger partial charge is 0.491 e. The van der Waals surface area contributed by atoms with Gasteiger partial charge in [0.1, 0.15) is 17.9 Å². The van der Waals surface area contributed by atoms with E-state index in [1.165, 1.54) is 13.2 Å². The number of halogens is 2. The summed E-state index contributed by atoms with van der Waals surface area (Å²) in [6.45, 7) is 1.51. The number of rotatable bonds is 5. The minimum Gasteiger partial charge on any atom is -0.491 e. The lowest BCUT2D eigenvalue weighted by atomic mass is 10.1. The minimum atomic E-state index is -1.06. The van der Waals surface area contributed by atoms with Crippen molar-refractivity contribution in [3.63, 3.8) is 0 Å². The Kier molecular flexibility index (Phi) is 4.61. The second-order valence-corrected chi connectivity index (χ2v) is 3.94. The van der Waals surface area contributed by atoms with E-state index < -0.39 is 23.1 Å². The highest BCUT2D eigenvalue weighted by atomic mass is 19.2. The number of hydrogen-bond acceptors (Lipinski definition) is 4. The summed E-state index contributed by atoms with van der Waals surface area (Å²) in [5.74, 6) is -2.32. The van der Waals surface area contributed by atoms with E-state index in [0.717, 1.165) is 12.1 Å². The number of methoxy groups -OCH3 is 1. The average molecular weight is 259 g/mol. The predicted octanol–water partition coefficient (Wildman–Crippen LogP) is 1.49. The molecular formula is C12H15F2NO3. The third kappa shape index (κ3) is 3.16. The Balaban J connectivity index is 2.73. The monoisotopic (exact) mass is 259 g/mol. The number of carbonyl (C=O) groups is 1. The van der Waals surface area contributed by atoms with Gasteiger partial charge in [0.25, 0.3) is 0 Å². The van der Waals surface area contributed by atoms with Crippen molar-refractivity contribution in [2.45, 2.75) is 12.5 Å². The van der Waals surface area contributed by atoms with Crippen LogP contribution < -0.4 is 10.1 Å². The number of esters is 1. The first-order valence-corrected chi connectivity index (χ1v) is 5.28. The van der Waals surface area contributed by atoms with Crippen LogP contribution in [0.15, 0.2) is 18.2 Å². The van der Waals surface area contributed by atoms with Gasteiger partial charge in [-0.25, -0.2) is 13.6 Å². The molecule has 0 saturated heterocycles. The van der Waals surface area contributed by atoms with Crippen molar-refractivity contribution in [2.75, 3.05) is 20.8 Å². The van der Waals surface area contributed by atoms with Crippen molar-refractivity contribution in [3.05, 3.63) is 29.8 Å². The van der Waals surface area contributed by atoms with Gasteiger partial charge in [-0.3, -0.25) is 0 Å². The Morgan fingerprint density at radius 3 is 2.56 bits per heavy atom. The van der Waals surface area contributed by atoms with Gasteiger partial charge in [0.2, 0.25) is 0 Å². The molecule has 0 bridgehead atoms. The average Bonchev–Trinajstić information content (AvgIpc) is 2.38. The van der Waals surface area contributed by atoms with Crippen molar-refractivity contribution in [1.82, 2.24) is 5.32 Å². The molecule has 0 amide bonds. The molecular weight excluding hydrogens is 244 g/mol. The molecule has 4 nitrogen and oxygen atoms in total. The highest BCUT2D eigenvalue weighted by Crippen LogP contribution is 2.17. The molecule has 1 atom stereocenters. The van der Waals surface area contributed by atoms with Gasteiger partial charge in [-0.1, -0.05) is 0 Å². The molecule has 100 valence electrons. The number of hydrogen-bond donors (Lipinski definition) is 1. The smallest absolute Gasteiger partial charge is 0.329 e. The molecule has 0 aliphatic rings. The summed E-state index contributed by atoms with van der Waals surface area (Å²) in [5, 5.41) is 2.76. The second kappa shape index (κ2) is 5.77. The van der Waals surface area contributed by atoms with Crippen LogP contribution >= 0.6 is 0 Å². The molecule has 1 aromatic rings. The lowest BCUT2D eigenvalue weighted by Gasteiger charge is -2.25. The van der Waals surface area contributed by atoms with Gasteiger partial charge < -0.3 is 14.8 Å². The van der Waals surface area contributed by atoms with Crippen LogP contribution in [0.3, 0.4) is 0 Å². The van der Waals surface area contributed by atoms with Crippen molar-refractivity contribution in [3.8, 4) is 5.75 Å². The molecule has 0 aliphatic heterocycles. The summed E-state index contributed by atoms with van der Waals surface area (Å²) in [6, 6.07) is 3.16. The van der Waals surface area contributed by atoms with Gasteiger partial charge in [-0.2, -0.15) is 0 Å². The number of nitrogens with one attached hydrogen (secondary N) is 1. The summed E-state index contributed by atoms with van der Waals surface area (Å²) in [6.07, 6.45) is 0. The first-order valence-electron chi connectivity index (χ1n) is 5.28. The van der Waals surface area contributed by atoms with Gasteiger partial charge >= 0.3 is 5.97 Å². The van der Waals surface area contributed by atoms with Crippen molar-refractivity contribution >= 4 is 5.97 Å². The summed E-state index contributed by atoms with van der Waals surface area (Å²) >= 11 is 0. The molecule has 0 aliphatic carbocycles. The zero-order valence-electron chi connectivity index (χ0n) is 10.4. The highest BCUT2D eigenvalue weighted by Gasteiger charge is 2.33. The van der Waals surface area contributed by atoms with Gasteiger partial charge in [-0.15, -0.1) is 0 Å². The molecule has 0 saturated carbocycles. The highest BCUT2D eigenvalue weighted by molar-refractivity contribution is 5.80. The van der Waals surface area contributed by atoms with E-state index in [1.807, 2.05) is 0 Å². The molecule has 1 rings (SSSR count). The Hall–Kier alpha value is -1.69. The number of ether oxygens (including phenoxy) is 2. The van der Waals surface area contributed by atoms with E-state index in [4.69, 9.17) is 4.74 Å². The maximum absolute atomic E-state index is 12.9. The summed E-state index contributed by atoms with van der Waals surface area (Å²) < 4.78 is 35.5. The van der Waals surface area contributed by atoms with E-state index in [1.54, 1.807) is 14.0 Å². The van der Waals surface area contributed by atoms with Crippen molar-refractivity contribution < 1.29 is 23.0 Å². The predicted molar refractivity (Wildman–Crippen MR) is 61.3 cm³/mol. The van der Waals surface area contributed by atoms with E-state index in [2.05, 4.69) is 10.1 Å². The van der Waals surface area contributed by atoms with Gasteiger partial charge in [-0.05, 0) is 26.1 Å². The lowest BCUT2D eigenvalue weighted by Crippen LogP contribution is -2.52. The fourth-order valence-corrected chi connectivity index (χ4v) is 1.25. The van der Waals surface area contributed by atoms with Crippen LogP contribution in [-0.2, 0) is 9.53 Å². The molecule has 6 heteroatoms. The molecule has 18 heavy (non-hydrogen) atoms. The fourth-order valence-electron chi connectivity index (χ4n) is 1.25. The Bertz CT molecular complexity index is 439. The van der Waals surface area contributed by atoms with Crippen molar-refractivity contribution in [2.24, 2.45) is 0 Å². The van der Waals surface area contributed by atoms with Crippen LogP contribution in [0.4, 0.5) is 8.78 Å². The van der Waals surface area contributed by atoms with E-state index >= 15 is 0 Å². The number of carbonyl (C=O) groups excluding carboxylic acids is 1. The molecule has 1 aromatic carbocycles. The minimum absolute atomic E-state index is 0.0682. The van der Waals surface area contributed by atoms with Crippen molar-refractivity contribution in [1.29, 1.82) is 0 Å². The molecule has 1 N–H and O–H groups in total. The van der Waals surface area contributed by atoms with E-state index in [9.17, 15) is 13.6 Å². The van der Waals surface area contributed by atoms with Crippen LogP contribution in [0.5, 0.6) is 5.75 Å². The summed E-state index contributed by atoms with van der Waals surface area (Å²) in [7, 11) is 2.83. The number of likely N-dealkylation sites (N-methyl/N-ethyl adjacent to an activating group) is 1. The van der Waals surface area contributed by atoms with Crippen LogP contribution in [0.2, 0.25) is 0 Å². The summed E-state index contributed by atoms with van der Waals surface area (Å²) in [4.78, 5) is 11.5. The molecule has 0 radical (unpaired) electrons. The van der Waals surface area contributed by atoms with Crippen LogP contribution in [-0.4, -0.2) is 32.3 Å². The second-order valence-electron chi connectivity index (χ2n) is 3.94. The van der Waals surface area contributed by atoms with Crippen LogP contribution in [0.1, 0.15) is 6.92 Å². The molecule has 1 unspecified atom stereocenters. The third-order valence-electron chi connectivity index (χ3n) is 2.61. The zero-order chi connectivity index (χ0) is 13.8. The maximum atomic E-state index is 12.9. The normalized spacial score (nSPS) is 13.8. The Labute approximate surface area is 104 Å². The van der Waals surface area contributed by atoms with E-state index in [0.29, 0.717) is 0 Å². The van der Waals surface area contributed by atoms with Crippen LogP contribution in [0, 0.1) is 11.6 Å². The first-order chi connectivity index (χ1) is 8.42.